The van der Waals surface area contributed by atoms with Crippen LogP contribution in [-0.4, -0.2) is 41.4 Å². The lowest BCUT2D eigenvalue weighted by molar-refractivity contribution is -0.122. The summed E-state index contributed by atoms with van der Waals surface area (Å²) in [5.41, 5.74) is 0. The number of hydrogen-bond donors (Lipinski definition) is 1. The molecule has 4 nitrogen and oxygen atoms in total. The Labute approximate surface area is 167 Å². The van der Waals surface area contributed by atoms with Crippen LogP contribution in [0.3, 0.4) is 0 Å². The van der Waals surface area contributed by atoms with Gasteiger partial charge in [-0.25, -0.2) is 0 Å². The van der Waals surface area contributed by atoms with Crippen LogP contribution in [0.5, 0.6) is 0 Å². The molecule has 0 fully saturated rings. The molecule has 1 N–H and O–H groups in total. The third-order valence-electron chi connectivity index (χ3n) is 5.23. The molecule has 4 heteroatoms. The topological polar surface area (TPSA) is 52.9 Å². The number of aliphatic hydroxyl groups excluding tert-OH is 1. The molecule has 1 unspecified atom stereocenters. The molecule has 1 rings (SSSR count). The Morgan fingerprint density at radius 3 is 2.19 bits per heavy atom. The van der Waals surface area contributed by atoms with Crippen molar-refractivity contribution < 1.29 is 9.90 Å². The SMILES string of the molecule is CCCCCCCCC=CCCCCCCCC(=O)CC(O)N1C=NCC1. The maximum absolute atomic E-state index is 11.9. The summed E-state index contributed by atoms with van der Waals surface area (Å²) in [6.45, 7) is 3.71. The molecule has 27 heavy (non-hydrogen) atoms. The van der Waals surface area contributed by atoms with Gasteiger partial charge in [0.05, 0.1) is 19.3 Å². The van der Waals surface area contributed by atoms with E-state index in [1.165, 1.54) is 70.6 Å². The van der Waals surface area contributed by atoms with Crippen LogP contribution in [0.25, 0.3) is 0 Å². The summed E-state index contributed by atoms with van der Waals surface area (Å²) in [4.78, 5) is 17.7. The number of aliphatic hydroxyl groups is 1. The molecule has 1 atom stereocenters. The normalized spacial score (nSPS) is 15.1. The van der Waals surface area contributed by atoms with Crippen molar-refractivity contribution in [2.45, 2.75) is 109 Å². The van der Waals surface area contributed by atoms with Crippen molar-refractivity contribution in [3.05, 3.63) is 12.2 Å². The molecular weight excluding hydrogens is 336 g/mol. The molecule has 0 aromatic heterocycles. The first kappa shape index (κ1) is 23.9. The number of aliphatic imine (C=N–C) groups is 1. The van der Waals surface area contributed by atoms with E-state index in [1.54, 1.807) is 11.2 Å². The van der Waals surface area contributed by atoms with E-state index in [4.69, 9.17) is 0 Å². The van der Waals surface area contributed by atoms with E-state index in [1.807, 2.05) is 0 Å². The second-order valence-corrected chi connectivity index (χ2v) is 7.82. The van der Waals surface area contributed by atoms with Crippen LogP contribution in [-0.2, 0) is 4.79 Å². The molecule has 0 saturated carbocycles. The van der Waals surface area contributed by atoms with E-state index >= 15 is 0 Å². The Hall–Kier alpha value is -1.16. The third kappa shape index (κ3) is 13.6. The van der Waals surface area contributed by atoms with Crippen LogP contribution in [0.15, 0.2) is 17.1 Å². The lowest BCUT2D eigenvalue weighted by Gasteiger charge is -2.20. The van der Waals surface area contributed by atoms with Crippen molar-refractivity contribution in [1.82, 2.24) is 4.90 Å². The van der Waals surface area contributed by atoms with Crippen LogP contribution in [0.4, 0.5) is 0 Å². The number of carbonyl (C=O) groups is 1. The van der Waals surface area contributed by atoms with Gasteiger partial charge in [-0.2, -0.15) is 0 Å². The zero-order valence-corrected chi connectivity index (χ0v) is 17.6. The number of hydrogen-bond acceptors (Lipinski definition) is 4. The highest BCUT2D eigenvalue weighted by molar-refractivity contribution is 5.79. The van der Waals surface area contributed by atoms with Gasteiger partial charge in [0.15, 0.2) is 0 Å². The number of allylic oxidation sites excluding steroid dienone is 2. The van der Waals surface area contributed by atoms with Gasteiger partial charge < -0.3 is 10.0 Å². The highest BCUT2D eigenvalue weighted by Gasteiger charge is 2.18. The standard InChI is InChI=1S/C23H42N2O2/c1-2-3-4-5-6-7-8-9-10-11-12-13-14-15-16-17-22(26)20-23(27)25-19-18-24-21-25/h9-10,21,23,27H,2-8,11-20H2,1H3. The van der Waals surface area contributed by atoms with Crippen molar-refractivity contribution in [2.24, 2.45) is 4.99 Å². The number of Topliss-reactive ketones (excluding diaryl/α,β-unsaturated/α-hetero) is 1. The number of ketones is 1. The zero-order chi connectivity index (χ0) is 19.6. The summed E-state index contributed by atoms with van der Waals surface area (Å²) in [5, 5.41) is 9.95. The fourth-order valence-electron chi connectivity index (χ4n) is 3.44. The molecule has 0 amide bonds. The van der Waals surface area contributed by atoms with E-state index in [-0.39, 0.29) is 12.2 Å². The zero-order valence-electron chi connectivity index (χ0n) is 17.6. The first-order valence-corrected chi connectivity index (χ1v) is 11.3. The molecule has 1 aliphatic heterocycles. The fraction of sp³-hybridized carbons (Fsp3) is 0.826. The van der Waals surface area contributed by atoms with Crippen LogP contribution in [0.1, 0.15) is 103 Å². The van der Waals surface area contributed by atoms with E-state index < -0.39 is 6.23 Å². The first-order chi connectivity index (χ1) is 13.2. The maximum Gasteiger partial charge on any atom is 0.137 e. The van der Waals surface area contributed by atoms with E-state index in [0.29, 0.717) is 6.42 Å². The molecule has 1 aliphatic rings. The van der Waals surface area contributed by atoms with Gasteiger partial charge in [-0.05, 0) is 32.1 Å². The van der Waals surface area contributed by atoms with Gasteiger partial charge in [-0.3, -0.25) is 9.79 Å². The molecule has 0 aliphatic carbocycles. The Balaban J connectivity index is 1.82. The minimum atomic E-state index is -0.688. The summed E-state index contributed by atoms with van der Waals surface area (Å²) in [7, 11) is 0. The molecule has 0 saturated heterocycles. The van der Waals surface area contributed by atoms with Crippen LogP contribution in [0, 0.1) is 0 Å². The fourth-order valence-corrected chi connectivity index (χ4v) is 3.44. The Kier molecular flexibility index (Phi) is 15.0. The minimum Gasteiger partial charge on any atom is -0.373 e. The van der Waals surface area contributed by atoms with Crippen molar-refractivity contribution in [1.29, 1.82) is 0 Å². The molecular formula is C23H42N2O2. The summed E-state index contributed by atoms with van der Waals surface area (Å²) in [6.07, 6.45) is 23.0. The number of carbonyl (C=O) groups excluding carboxylic acids is 1. The minimum absolute atomic E-state index is 0.167. The van der Waals surface area contributed by atoms with Gasteiger partial charge in [-0.1, -0.05) is 70.4 Å². The van der Waals surface area contributed by atoms with Crippen molar-refractivity contribution in [3.8, 4) is 0 Å². The predicted octanol–water partition coefficient (Wildman–Crippen LogP) is 5.65. The summed E-state index contributed by atoms with van der Waals surface area (Å²) >= 11 is 0. The van der Waals surface area contributed by atoms with Crippen LogP contribution in [0.2, 0.25) is 0 Å². The molecule has 0 bridgehead atoms. The monoisotopic (exact) mass is 378 g/mol. The molecule has 156 valence electrons. The van der Waals surface area contributed by atoms with Crippen LogP contribution >= 0.6 is 0 Å². The summed E-state index contributed by atoms with van der Waals surface area (Å²) in [5.74, 6) is 0.167. The number of unbranched alkanes of at least 4 members (excludes halogenated alkanes) is 11. The number of nitrogens with zero attached hydrogens (tertiary/aromatic N) is 2. The highest BCUT2D eigenvalue weighted by Crippen LogP contribution is 2.12. The Morgan fingerprint density at radius 2 is 1.59 bits per heavy atom. The average molecular weight is 379 g/mol. The average Bonchev–Trinajstić information content (AvgIpc) is 3.20. The Morgan fingerprint density at radius 1 is 1.00 bits per heavy atom. The molecule has 0 aromatic carbocycles. The van der Waals surface area contributed by atoms with E-state index in [9.17, 15) is 9.90 Å². The van der Waals surface area contributed by atoms with Gasteiger partial charge >= 0.3 is 0 Å². The molecule has 0 spiro atoms. The predicted molar refractivity (Wildman–Crippen MR) is 115 cm³/mol. The third-order valence-corrected chi connectivity index (χ3v) is 5.23. The van der Waals surface area contributed by atoms with Gasteiger partial charge in [-0.15, -0.1) is 0 Å². The smallest absolute Gasteiger partial charge is 0.137 e. The second kappa shape index (κ2) is 17.0. The summed E-state index contributed by atoms with van der Waals surface area (Å²) in [6, 6.07) is 0. The van der Waals surface area contributed by atoms with Crippen molar-refractivity contribution in [3.63, 3.8) is 0 Å². The van der Waals surface area contributed by atoms with E-state index in [2.05, 4.69) is 24.1 Å². The van der Waals surface area contributed by atoms with Gasteiger partial charge in [0.25, 0.3) is 0 Å². The van der Waals surface area contributed by atoms with E-state index in [0.717, 1.165) is 25.9 Å². The quantitative estimate of drug-likeness (QED) is 0.248. The van der Waals surface area contributed by atoms with Gasteiger partial charge in [0.1, 0.15) is 12.0 Å². The largest absolute Gasteiger partial charge is 0.373 e. The lowest BCUT2D eigenvalue weighted by Crippen LogP contribution is -2.34. The van der Waals surface area contributed by atoms with Crippen molar-refractivity contribution in [2.75, 3.05) is 13.1 Å². The van der Waals surface area contributed by atoms with Gasteiger partial charge in [0.2, 0.25) is 0 Å². The lowest BCUT2D eigenvalue weighted by atomic mass is 10.1. The van der Waals surface area contributed by atoms with Crippen LogP contribution < -0.4 is 0 Å². The Bertz CT molecular complexity index is 421. The first-order valence-electron chi connectivity index (χ1n) is 11.3. The highest BCUT2D eigenvalue weighted by atomic mass is 16.3. The summed E-state index contributed by atoms with van der Waals surface area (Å²) < 4.78 is 0. The van der Waals surface area contributed by atoms with Gasteiger partial charge in [0, 0.05) is 13.0 Å². The van der Waals surface area contributed by atoms with Crippen molar-refractivity contribution >= 4 is 12.1 Å². The number of rotatable bonds is 18. The maximum atomic E-state index is 11.9. The second-order valence-electron chi connectivity index (χ2n) is 7.82. The molecule has 0 radical (unpaired) electrons. The molecule has 0 aromatic rings. The molecule has 1 heterocycles.